The van der Waals surface area contributed by atoms with Crippen LogP contribution in [-0.2, 0) is 15.1 Å². The molecule has 0 aliphatic carbocycles. The molecule has 2 aliphatic heterocycles. The third-order valence-electron chi connectivity index (χ3n) is 8.75. The van der Waals surface area contributed by atoms with E-state index >= 15 is 0 Å². The van der Waals surface area contributed by atoms with Crippen LogP contribution in [0.3, 0.4) is 0 Å². The van der Waals surface area contributed by atoms with Crippen molar-refractivity contribution in [2.75, 3.05) is 26.2 Å². The summed E-state index contributed by atoms with van der Waals surface area (Å²) in [5.74, 6) is 1.44. The van der Waals surface area contributed by atoms with Crippen LogP contribution in [0.15, 0.2) is 47.2 Å². The standard InChI is InChI=1S/C33H43N5O5/c1-21(2)23-8-10-26(11-9-23)33(41,32(7)19-38(20-32)30(40)42-31(4,5)6)27-16-25(17-34-18-27)28-35-29(43-36-28)24-12-14-37(15-13-24)22(3)39/h8-11,16-18,21,24,41H,12-15,19-20H2,1-7H3. The Morgan fingerprint density at radius 2 is 1.70 bits per heavy atom. The van der Waals surface area contributed by atoms with Gasteiger partial charge in [0, 0.05) is 68.0 Å². The molecule has 2 saturated heterocycles. The van der Waals surface area contributed by atoms with Gasteiger partial charge >= 0.3 is 6.09 Å². The molecule has 1 N–H and O–H groups in total. The molecule has 1 aromatic carbocycles. The molecule has 2 amide bonds. The molecule has 2 aromatic heterocycles. The Morgan fingerprint density at radius 3 is 2.28 bits per heavy atom. The van der Waals surface area contributed by atoms with Crippen LogP contribution in [-0.4, -0.2) is 73.8 Å². The van der Waals surface area contributed by atoms with E-state index in [1.54, 1.807) is 24.2 Å². The van der Waals surface area contributed by atoms with Gasteiger partial charge in [-0.15, -0.1) is 0 Å². The number of rotatable bonds is 6. The third kappa shape index (κ3) is 6.02. The van der Waals surface area contributed by atoms with Crippen LogP contribution in [0.25, 0.3) is 11.4 Å². The molecule has 10 heteroatoms. The number of nitrogens with zero attached hydrogens (tertiary/aromatic N) is 5. The number of amides is 2. The van der Waals surface area contributed by atoms with Gasteiger partial charge in [-0.05, 0) is 56.7 Å². The molecule has 0 bridgehead atoms. The molecule has 0 saturated carbocycles. The summed E-state index contributed by atoms with van der Waals surface area (Å²) in [4.78, 5) is 37.2. The first-order valence-electron chi connectivity index (χ1n) is 15.1. The number of hydrogen-bond acceptors (Lipinski definition) is 8. The van der Waals surface area contributed by atoms with E-state index in [-0.39, 0.29) is 11.8 Å². The molecule has 43 heavy (non-hydrogen) atoms. The van der Waals surface area contributed by atoms with Crippen LogP contribution in [0.2, 0.25) is 0 Å². The smallest absolute Gasteiger partial charge is 0.410 e. The van der Waals surface area contributed by atoms with Crippen molar-refractivity contribution in [1.82, 2.24) is 24.9 Å². The highest BCUT2D eigenvalue weighted by Crippen LogP contribution is 2.51. The zero-order valence-corrected chi connectivity index (χ0v) is 26.3. The van der Waals surface area contributed by atoms with Crippen molar-refractivity contribution < 1.29 is 24.0 Å². The predicted octanol–water partition coefficient (Wildman–Crippen LogP) is 5.47. The summed E-state index contributed by atoms with van der Waals surface area (Å²) < 4.78 is 11.3. The highest BCUT2D eigenvalue weighted by atomic mass is 16.6. The molecule has 10 nitrogen and oxygen atoms in total. The number of carbonyl (C=O) groups excluding carboxylic acids is 2. The number of likely N-dealkylation sites (tertiary alicyclic amines) is 2. The number of hydrogen-bond donors (Lipinski definition) is 1. The molecular weight excluding hydrogens is 546 g/mol. The van der Waals surface area contributed by atoms with Gasteiger partial charge < -0.3 is 24.2 Å². The fraction of sp³-hybridized carbons (Fsp3) is 0.545. The summed E-state index contributed by atoms with van der Waals surface area (Å²) in [6.45, 7) is 15.3. The molecule has 1 unspecified atom stereocenters. The first-order valence-corrected chi connectivity index (χ1v) is 15.1. The van der Waals surface area contributed by atoms with Crippen molar-refractivity contribution >= 4 is 12.0 Å². The van der Waals surface area contributed by atoms with Gasteiger partial charge in [0.05, 0.1) is 0 Å². The number of aliphatic hydroxyl groups is 1. The summed E-state index contributed by atoms with van der Waals surface area (Å²) in [6.07, 6.45) is 4.45. The first kappa shape index (κ1) is 30.7. The summed E-state index contributed by atoms with van der Waals surface area (Å²) in [5, 5.41) is 17.0. The van der Waals surface area contributed by atoms with Gasteiger partial charge in [-0.1, -0.05) is 50.2 Å². The zero-order chi connectivity index (χ0) is 31.2. The number of ether oxygens (including phenoxy) is 1. The van der Waals surface area contributed by atoms with Gasteiger partial charge in [0.15, 0.2) is 0 Å². The van der Waals surface area contributed by atoms with Crippen molar-refractivity contribution in [3.05, 3.63) is 65.3 Å². The summed E-state index contributed by atoms with van der Waals surface area (Å²) in [5.41, 5.74) is 0.270. The van der Waals surface area contributed by atoms with E-state index in [2.05, 4.69) is 24.0 Å². The monoisotopic (exact) mass is 589 g/mol. The van der Waals surface area contributed by atoms with Crippen LogP contribution < -0.4 is 0 Å². The molecule has 0 spiro atoms. The Hall–Kier alpha value is -3.79. The van der Waals surface area contributed by atoms with Crippen LogP contribution in [0, 0.1) is 5.41 Å². The Balaban J connectivity index is 1.46. The molecular formula is C33H43N5O5. The Kier molecular flexibility index (Phi) is 8.11. The first-order chi connectivity index (χ1) is 20.2. The maximum Gasteiger partial charge on any atom is 0.410 e. The van der Waals surface area contributed by atoms with E-state index in [0.29, 0.717) is 60.5 Å². The van der Waals surface area contributed by atoms with Crippen LogP contribution in [0.4, 0.5) is 4.79 Å². The number of pyridine rings is 1. The van der Waals surface area contributed by atoms with E-state index in [9.17, 15) is 14.7 Å². The zero-order valence-electron chi connectivity index (χ0n) is 26.3. The molecule has 5 rings (SSSR count). The van der Waals surface area contributed by atoms with Crippen molar-refractivity contribution in [2.24, 2.45) is 5.41 Å². The minimum atomic E-state index is -1.48. The lowest BCUT2D eigenvalue weighted by atomic mass is 9.62. The van der Waals surface area contributed by atoms with E-state index in [1.165, 1.54) is 5.56 Å². The van der Waals surface area contributed by atoms with Gasteiger partial charge in [0.2, 0.25) is 17.6 Å². The predicted molar refractivity (Wildman–Crippen MR) is 161 cm³/mol. The fourth-order valence-electron chi connectivity index (χ4n) is 6.17. The average Bonchev–Trinajstić information content (AvgIpc) is 3.45. The van der Waals surface area contributed by atoms with Crippen LogP contribution >= 0.6 is 0 Å². The normalized spacial score (nSPS) is 18.7. The van der Waals surface area contributed by atoms with E-state index in [1.807, 2.05) is 62.9 Å². The second-order valence-corrected chi connectivity index (χ2v) is 13.6. The van der Waals surface area contributed by atoms with Crippen molar-refractivity contribution in [3.63, 3.8) is 0 Å². The second kappa shape index (κ2) is 11.4. The number of carbonyl (C=O) groups is 2. The number of piperidine rings is 1. The SMILES string of the molecule is CC(=O)N1CCC(c2nc(-c3cncc(C(O)(c4ccc(C(C)C)cc4)C4(C)CN(C(=O)OC(C)(C)C)C4)c3)no2)CC1. The highest BCUT2D eigenvalue weighted by Gasteiger charge is 2.58. The minimum Gasteiger partial charge on any atom is -0.444 e. The maximum atomic E-state index is 12.8. The Bertz CT molecular complexity index is 1460. The fourth-order valence-corrected chi connectivity index (χ4v) is 6.17. The molecule has 4 heterocycles. The number of benzene rings is 1. The third-order valence-corrected chi connectivity index (χ3v) is 8.75. The van der Waals surface area contributed by atoms with Crippen LogP contribution in [0.1, 0.15) is 95.7 Å². The molecule has 2 fully saturated rings. The quantitative estimate of drug-likeness (QED) is 0.402. The summed E-state index contributed by atoms with van der Waals surface area (Å²) >= 11 is 0. The van der Waals surface area contributed by atoms with Crippen molar-refractivity contribution in [1.29, 1.82) is 0 Å². The maximum absolute atomic E-state index is 12.8. The average molecular weight is 590 g/mol. The lowest BCUT2D eigenvalue weighted by Crippen LogP contribution is -2.66. The van der Waals surface area contributed by atoms with Gasteiger partial charge in [-0.2, -0.15) is 4.98 Å². The minimum absolute atomic E-state index is 0.0771. The number of aromatic nitrogens is 3. The van der Waals surface area contributed by atoms with Gasteiger partial charge in [0.25, 0.3) is 0 Å². The van der Waals surface area contributed by atoms with Gasteiger partial charge in [0.1, 0.15) is 11.2 Å². The van der Waals surface area contributed by atoms with E-state index in [4.69, 9.17) is 14.2 Å². The largest absolute Gasteiger partial charge is 0.444 e. The van der Waals surface area contributed by atoms with E-state index < -0.39 is 22.7 Å². The topological polar surface area (TPSA) is 122 Å². The molecule has 2 aliphatic rings. The van der Waals surface area contributed by atoms with Crippen molar-refractivity contribution in [3.8, 4) is 11.4 Å². The molecule has 230 valence electrons. The Labute approximate surface area is 253 Å². The summed E-state index contributed by atoms with van der Waals surface area (Å²) in [7, 11) is 0. The van der Waals surface area contributed by atoms with E-state index in [0.717, 1.165) is 12.8 Å². The van der Waals surface area contributed by atoms with Crippen molar-refractivity contribution in [2.45, 2.75) is 84.3 Å². The van der Waals surface area contributed by atoms with Gasteiger partial charge in [-0.25, -0.2) is 4.79 Å². The molecule has 1 atom stereocenters. The van der Waals surface area contributed by atoms with Crippen LogP contribution in [0.5, 0.6) is 0 Å². The lowest BCUT2D eigenvalue weighted by Gasteiger charge is -2.56. The second-order valence-electron chi connectivity index (χ2n) is 13.6. The molecule has 0 radical (unpaired) electrons. The molecule has 3 aromatic rings. The summed E-state index contributed by atoms with van der Waals surface area (Å²) in [6, 6.07) is 9.86. The highest BCUT2D eigenvalue weighted by molar-refractivity contribution is 5.73. The Morgan fingerprint density at radius 1 is 1.05 bits per heavy atom. The van der Waals surface area contributed by atoms with Gasteiger partial charge in [-0.3, -0.25) is 9.78 Å². The lowest BCUT2D eigenvalue weighted by molar-refractivity contribution is -0.131.